The van der Waals surface area contributed by atoms with Gasteiger partial charge in [-0.25, -0.2) is 0 Å². The third-order valence-corrected chi connectivity index (χ3v) is 4.87. The van der Waals surface area contributed by atoms with Gasteiger partial charge in [-0.05, 0) is 6.92 Å². The summed E-state index contributed by atoms with van der Waals surface area (Å²) in [6, 6.07) is 0. The van der Waals surface area contributed by atoms with Crippen molar-refractivity contribution in [1.29, 1.82) is 0 Å². The van der Waals surface area contributed by atoms with Crippen LogP contribution >= 0.6 is 15.2 Å². The summed E-state index contributed by atoms with van der Waals surface area (Å²) >= 11 is 0. The van der Waals surface area contributed by atoms with Crippen LogP contribution < -0.4 is 0 Å². The van der Waals surface area contributed by atoms with Gasteiger partial charge >= 0.3 is 15.2 Å². The molecular formula is C2H10NaO8P2. The van der Waals surface area contributed by atoms with Crippen molar-refractivity contribution >= 4 is 44.7 Å². The molecule has 0 aromatic carbocycles. The fraction of sp³-hybridized carbons (Fsp3) is 1.00. The minimum atomic E-state index is -5.20. The molecule has 0 heterocycles. The minimum absolute atomic E-state index is 0. The van der Waals surface area contributed by atoms with Crippen LogP contribution in [0.5, 0.6) is 0 Å². The molecule has 0 aliphatic heterocycles. The van der Waals surface area contributed by atoms with Crippen molar-refractivity contribution in [2.24, 2.45) is 0 Å². The van der Waals surface area contributed by atoms with Crippen molar-refractivity contribution in [3.05, 3.63) is 0 Å². The maximum absolute atomic E-state index is 10.3. The Morgan fingerprint density at radius 2 is 1.15 bits per heavy atom. The van der Waals surface area contributed by atoms with Crippen molar-refractivity contribution in [3.8, 4) is 0 Å². The smallest absolute Gasteiger partial charge is 0.369 e. The molecule has 8 nitrogen and oxygen atoms in total. The van der Waals surface area contributed by atoms with Gasteiger partial charge < -0.3 is 30.2 Å². The molecule has 0 aliphatic carbocycles. The first-order chi connectivity index (χ1) is 4.50. The number of hydrogen-bond acceptors (Lipinski definition) is 3. The quantitative estimate of drug-likeness (QED) is 0.272. The first kappa shape index (κ1) is 19.7. The summed E-state index contributed by atoms with van der Waals surface area (Å²) in [5.74, 6) is 0. The fourth-order valence-electron chi connectivity index (χ4n) is 0.170. The maximum atomic E-state index is 10.3. The molecule has 0 saturated heterocycles. The summed E-state index contributed by atoms with van der Waals surface area (Å²) in [6.45, 7) is 0.383. The third kappa shape index (κ3) is 4.51. The minimum Gasteiger partial charge on any atom is -0.412 e. The van der Waals surface area contributed by atoms with Gasteiger partial charge in [-0.3, -0.25) is 9.13 Å². The van der Waals surface area contributed by atoms with Gasteiger partial charge in [0.25, 0.3) is 5.08 Å². The van der Waals surface area contributed by atoms with Crippen LogP contribution in [0.25, 0.3) is 0 Å². The van der Waals surface area contributed by atoms with Crippen LogP contribution in [0, 0.1) is 0 Å². The van der Waals surface area contributed by atoms with E-state index < -0.39 is 20.3 Å². The monoisotopic (exact) mass is 247 g/mol. The van der Waals surface area contributed by atoms with Gasteiger partial charge in [0, 0.05) is 29.6 Å². The Hall–Kier alpha value is 1.22. The Labute approximate surface area is 95.9 Å². The molecule has 0 aliphatic rings. The third-order valence-electron chi connectivity index (χ3n) is 1.10. The van der Waals surface area contributed by atoms with Gasteiger partial charge in [0.05, 0.1) is 0 Å². The number of rotatable bonds is 2. The van der Waals surface area contributed by atoms with Crippen LogP contribution in [-0.4, -0.2) is 64.8 Å². The van der Waals surface area contributed by atoms with Crippen LogP contribution in [0.2, 0.25) is 0 Å². The first-order valence-electron chi connectivity index (χ1n) is 2.34. The largest absolute Gasteiger partial charge is 0.412 e. The molecule has 13 heavy (non-hydrogen) atoms. The van der Waals surface area contributed by atoms with Crippen molar-refractivity contribution in [3.63, 3.8) is 0 Å². The van der Waals surface area contributed by atoms with E-state index in [-0.39, 0.29) is 35.0 Å². The van der Waals surface area contributed by atoms with Crippen LogP contribution in [0.15, 0.2) is 0 Å². The molecule has 0 aromatic rings. The molecule has 0 amide bonds. The predicted molar refractivity (Wildman–Crippen MR) is 44.1 cm³/mol. The van der Waals surface area contributed by atoms with Crippen molar-refractivity contribution in [2.75, 3.05) is 0 Å². The van der Waals surface area contributed by atoms with E-state index in [0.29, 0.717) is 6.92 Å². The standard InChI is InChI=1S/C2H8O7P2.Na.H2O/c1-2(3,10(4,5)6)11(7,8)9;;/h3H,1H3,(H2,4,5,6)(H2,7,8,9);;1H2. The molecule has 77 valence electrons. The molecule has 0 aromatic heterocycles. The van der Waals surface area contributed by atoms with Crippen LogP contribution in [-0.2, 0) is 9.13 Å². The molecule has 0 unspecified atom stereocenters. The molecule has 0 bridgehead atoms. The Balaban J connectivity index is -0.000000500. The average Bonchev–Trinajstić information content (AvgIpc) is 1.58. The van der Waals surface area contributed by atoms with Gasteiger partial charge in [0.1, 0.15) is 0 Å². The van der Waals surface area contributed by atoms with E-state index in [1.165, 1.54) is 0 Å². The van der Waals surface area contributed by atoms with Crippen LogP contribution in [0.4, 0.5) is 0 Å². The fourth-order valence-corrected chi connectivity index (χ4v) is 1.53. The van der Waals surface area contributed by atoms with Gasteiger partial charge in [-0.1, -0.05) is 0 Å². The second-order valence-corrected chi connectivity index (χ2v) is 6.33. The molecule has 7 N–H and O–H groups in total. The molecule has 0 saturated carbocycles. The molecular weight excluding hydrogens is 237 g/mol. The SMILES string of the molecule is CC(O)(P(=O)(O)O)P(=O)(O)O.O.[Na]. The van der Waals surface area contributed by atoms with Gasteiger partial charge in [0.2, 0.25) is 0 Å². The van der Waals surface area contributed by atoms with Crippen molar-refractivity contribution in [2.45, 2.75) is 12.0 Å². The average molecular weight is 247 g/mol. The second kappa shape index (κ2) is 5.34. The van der Waals surface area contributed by atoms with E-state index in [1.54, 1.807) is 0 Å². The Morgan fingerprint density at radius 3 is 1.15 bits per heavy atom. The van der Waals surface area contributed by atoms with E-state index in [9.17, 15) is 9.13 Å². The van der Waals surface area contributed by atoms with Gasteiger partial charge in [-0.15, -0.1) is 0 Å². The summed E-state index contributed by atoms with van der Waals surface area (Å²) in [5, 5.41) is 5.37. The number of hydrogen-bond donors (Lipinski definition) is 5. The van der Waals surface area contributed by atoms with Gasteiger partial charge in [-0.2, -0.15) is 0 Å². The number of aliphatic hydroxyl groups is 1. The molecule has 0 spiro atoms. The predicted octanol–water partition coefficient (Wildman–Crippen LogP) is -2.20. The topological polar surface area (TPSA) is 167 Å². The first-order valence-corrected chi connectivity index (χ1v) is 5.56. The van der Waals surface area contributed by atoms with E-state index in [4.69, 9.17) is 24.7 Å². The van der Waals surface area contributed by atoms with E-state index >= 15 is 0 Å². The normalized spacial score (nSPS) is 12.8. The van der Waals surface area contributed by atoms with Crippen molar-refractivity contribution < 1.29 is 39.3 Å². The van der Waals surface area contributed by atoms with E-state index in [1.807, 2.05) is 0 Å². The second-order valence-electron chi connectivity index (χ2n) is 2.06. The summed E-state index contributed by atoms with van der Waals surface area (Å²) in [5.41, 5.74) is 0. The summed E-state index contributed by atoms with van der Waals surface area (Å²) < 4.78 is 20.5. The molecule has 0 fully saturated rings. The zero-order chi connectivity index (χ0) is 9.50. The molecule has 0 atom stereocenters. The van der Waals surface area contributed by atoms with Gasteiger partial charge in [0.15, 0.2) is 0 Å². The Kier molecular flexibility index (Phi) is 8.12. The zero-order valence-electron chi connectivity index (χ0n) is 6.95. The van der Waals surface area contributed by atoms with E-state index in [0.717, 1.165) is 0 Å². The zero-order valence-corrected chi connectivity index (χ0v) is 10.7. The summed E-state index contributed by atoms with van der Waals surface area (Å²) in [6.07, 6.45) is 0. The van der Waals surface area contributed by atoms with E-state index in [2.05, 4.69) is 0 Å². The van der Waals surface area contributed by atoms with Crippen LogP contribution in [0.3, 0.4) is 0 Å². The van der Waals surface area contributed by atoms with Crippen LogP contribution in [0.1, 0.15) is 6.92 Å². The Morgan fingerprint density at radius 1 is 1.00 bits per heavy atom. The summed E-state index contributed by atoms with van der Waals surface area (Å²) in [4.78, 5) is 33.0. The Bertz CT molecular complexity index is 213. The summed E-state index contributed by atoms with van der Waals surface area (Å²) in [7, 11) is -10.4. The molecule has 0 rings (SSSR count). The van der Waals surface area contributed by atoms with Crippen molar-refractivity contribution in [1.82, 2.24) is 0 Å². The molecule has 11 heteroatoms. The molecule has 1 radical (unpaired) electrons. The maximum Gasteiger partial charge on any atom is 0.369 e.